The van der Waals surface area contributed by atoms with Gasteiger partial charge in [0, 0.05) is 0 Å². The summed E-state index contributed by atoms with van der Waals surface area (Å²) in [7, 11) is -0.243. The standard InChI is InChI=1S/C6H12O4P.C2H6.Tl/c1-8-11(7)10-5-6-3-2-4-9-6;1-2;/h3,6-7H,2,4-5H2,1H3;1-2H3;. The van der Waals surface area contributed by atoms with E-state index >= 15 is 0 Å². The summed E-state index contributed by atoms with van der Waals surface area (Å²) in [6, 6.07) is 0. The van der Waals surface area contributed by atoms with Crippen LogP contribution in [0.2, 0.25) is 3.48 Å². The second kappa shape index (κ2) is 9.42. The van der Waals surface area contributed by atoms with E-state index < -0.39 is 8.60 Å². The van der Waals surface area contributed by atoms with Crippen LogP contribution in [0.1, 0.15) is 20.3 Å². The minimum atomic E-state index is -1.68. The molecule has 0 radical (unpaired) electrons. The maximum atomic E-state index is 8.98. The summed E-state index contributed by atoms with van der Waals surface area (Å²) in [6.45, 7) is 5.31. The molecule has 6 heteroatoms. The van der Waals surface area contributed by atoms with Gasteiger partial charge >= 0.3 is 89.4 Å². The normalized spacial score (nSPS) is 27.9. The van der Waals surface area contributed by atoms with Crippen LogP contribution < -0.4 is 0 Å². The summed E-state index contributed by atoms with van der Waals surface area (Å²) in [5.74, 6) is 0. The molecule has 1 rings (SSSR count). The molecule has 4 nitrogen and oxygen atoms in total. The van der Waals surface area contributed by atoms with Gasteiger partial charge in [0.15, 0.2) is 0 Å². The number of hydrogen-bond donors (Lipinski definition) is 1. The SMILES string of the molecule is CC.COP(O)OCC1OCC[C@@H]1[Tl]. The molecule has 0 aromatic heterocycles. The monoisotopic (exact) mass is 414 g/mol. The Labute approximate surface area is 103 Å². The molecule has 0 saturated carbocycles. The number of ether oxygens (including phenoxy) is 1. The van der Waals surface area contributed by atoms with Crippen LogP contribution in [0.25, 0.3) is 0 Å². The summed E-state index contributed by atoms with van der Waals surface area (Å²) in [5, 5.41) is 0. The maximum absolute atomic E-state index is 8.98. The van der Waals surface area contributed by atoms with Gasteiger partial charge in [-0.05, 0) is 0 Å². The predicted octanol–water partition coefficient (Wildman–Crippen LogP) is 1.64. The van der Waals surface area contributed by atoms with Crippen LogP contribution in [-0.4, -0.2) is 57.1 Å². The number of hydrogen-bond acceptors (Lipinski definition) is 4. The van der Waals surface area contributed by atoms with Crippen LogP contribution in [0, 0.1) is 0 Å². The molecular formula is C8H18O4PTl. The van der Waals surface area contributed by atoms with E-state index in [1.807, 2.05) is 13.8 Å². The summed E-state index contributed by atoms with van der Waals surface area (Å²) < 4.78 is 15.8. The van der Waals surface area contributed by atoms with Crippen LogP contribution in [0.4, 0.5) is 0 Å². The van der Waals surface area contributed by atoms with Gasteiger partial charge in [0.1, 0.15) is 0 Å². The van der Waals surface area contributed by atoms with Crippen LogP contribution in [0.3, 0.4) is 0 Å². The molecule has 1 aliphatic heterocycles. The fraction of sp³-hybridized carbons (Fsp3) is 1.00. The van der Waals surface area contributed by atoms with Crippen molar-refractivity contribution in [3.8, 4) is 0 Å². The molecule has 2 unspecified atom stereocenters. The van der Waals surface area contributed by atoms with Crippen molar-refractivity contribution in [2.45, 2.75) is 29.8 Å². The summed E-state index contributed by atoms with van der Waals surface area (Å²) >= 11 is 0.929. The third-order valence-electron chi connectivity index (χ3n) is 1.77. The Kier molecular flexibility index (Phi) is 10.2. The third kappa shape index (κ3) is 5.93. The molecule has 0 amide bonds. The molecule has 3 atom stereocenters. The first-order valence-corrected chi connectivity index (χ1v) is 8.49. The molecule has 0 spiro atoms. The molecular weight excluding hydrogens is 395 g/mol. The van der Waals surface area contributed by atoms with Crippen molar-refractivity contribution in [3.05, 3.63) is 0 Å². The van der Waals surface area contributed by atoms with E-state index in [0.717, 1.165) is 38.8 Å². The molecule has 0 aromatic carbocycles. The van der Waals surface area contributed by atoms with Crippen molar-refractivity contribution in [1.82, 2.24) is 0 Å². The minimum absolute atomic E-state index is 0.197. The fourth-order valence-electron chi connectivity index (χ4n) is 1.03. The van der Waals surface area contributed by atoms with Gasteiger partial charge in [-0.3, -0.25) is 0 Å². The topological polar surface area (TPSA) is 47.9 Å². The summed E-state index contributed by atoms with van der Waals surface area (Å²) in [6.07, 6.45) is 1.34. The number of rotatable bonds is 4. The Morgan fingerprint density at radius 2 is 2.21 bits per heavy atom. The van der Waals surface area contributed by atoms with Gasteiger partial charge in [0.05, 0.1) is 0 Å². The van der Waals surface area contributed by atoms with Crippen LogP contribution >= 0.6 is 8.60 Å². The van der Waals surface area contributed by atoms with E-state index in [2.05, 4.69) is 4.52 Å². The van der Waals surface area contributed by atoms with E-state index in [9.17, 15) is 0 Å². The Bertz CT molecular complexity index is 139. The van der Waals surface area contributed by atoms with Crippen LogP contribution in [0.15, 0.2) is 0 Å². The van der Waals surface area contributed by atoms with Crippen molar-refractivity contribution in [3.63, 3.8) is 0 Å². The van der Waals surface area contributed by atoms with Crippen molar-refractivity contribution in [1.29, 1.82) is 0 Å². The van der Waals surface area contributed by atoms with Gasteiger partial charge in [-0.25, -0.2) is 0 Å². The zero-order chi connectivity index (χ0) is 11.0. The Balaban J connectivity index is 0.000000791. The van der Waals surface area contributed by atoms with Gasteiger partial charge in [-0.2, -0.15) is 0 Å². The summed E-state index contributed by atoms with van der Waals surface area (Å²) in [4.78, 5) is 8.98. The van der Waals surface area contributed by atoms with Crippen molar-refractivity contribution >= 4 is 34.4 Å². The first kappa shape index (κ1) is 15.2. The molecule has 0 aromatic rings. The first-order chi connectivity index (χ1) is 6.74. The van der Waals surface area contributed by atoms with Gasteiger partial charge in [-0.1, -0.05) is 13.8 Å². The molecule has 82 valence electrons. The zero-order valence-electron chi connectivity index (χ0n) is 8.97. The van der Waals surface area contributed by atoms with Gasteiger partial charge in [0.2, 0.25) is 0 Å². The second-order valence-corrected chi connectivity index (χ2v) is 7.01. The summed E-state index contributed by atoms with van der Waals surface area (Å²) in [5.41, 5.74) is 0. The van der Waals surface area contributed by atoms with Crippen LogP contribution in [0.5, 0.6) is 0 Å². The molecule has 1 N–H and O–H groups in total. The van der Waals surface area contributed by atoms with E-state index in [-0.39, 0.29) is 6.10 Å². The molecule has 1 aliphatic rings. The third-order valence-corrected chi connectivity index (χ3v) is 5.41. The van der Waals surface area contributed by atoms with E-state index in [1.54, 1.807) is 0 Å². The molecule has 1 fully saturated rings. The van der Waals surface area contributed by atoms with Gasteiger partial charge in [0.25, 0.3) is 0 Å². The average Bonchev–Trinajstić information content (AvgIpc) is 2.63. The van der Waals surface area contributed by atoms with E-state index in [1.165, 1.54) is 7.11 Å². The Morgan fingerprint density at radius 3 is 2.64 bits per heavy atom. The van der Waals surface area contributed by atoms with Gasteiger partial charge in [-0.15, -0.1) is 0 Å². The molecule has 14 heavy (non-hydrogen) atoms. The zero-order valence-corrected chi connectivity index (χ0v) is 14.4. The fourth-order valence-corrected chi connectivity index (χ4v) is 2.80. The quantitative estimate of drug-likeness (QED) is 0.562. The van der Waals surface area contributed by atoms with Crippen molar-refractivity contribution in [2.75, 3.05) is 20.3 Å². The first-order valence-electron chi connectivity index (χ1n) is 4.77. The van der Waals surface area contributed by atoms with Crippen LogP contribution in [-0.2, 0) is 13.8 Å². The van der Waals surface area contributed by atoms with E-state index in [0.29, 0.717) is 10.1 Å². The van der Waals surface area contributed by atoms with Gasteiger partial charge < -0.3 is 0 Å². The predicted molar refractivity (Wildman–Crippen MR) is 57.3 cm³/mol. The molecule has 1 saturated heterocycles. The Morgan fingerprint density at radius 1 is 1.57 bits per heavy atom. The van der Waals surface area contributed by atoms with E-state index in [4.69, 9.17) is 14.2 Å². The Hall–Kier alpha value is 1.19. The van der Waals surface area contributed by atoms with Crippen molar-refractivity contribution in [2.24, 2.45) is 0 Å². The molecule has 0 aliphatic carbocycles. The molecule has 1 heterocycles. The molecule has 0 bridgehead atoms. The second-order valence-electron chi connectivity index (χ2n) is 2.58. The average molecular weight is 414 g/mol. The van der Waals surface area contributed by atoms with Crippen molar-refractivity contribution < 1.29 is 18.7 Å².